The first-order chi connectivity index (χ1) is 12.6. The molecule has 3 rings (SSSR count). The molecule has 0 unspecified atom stereocenters. The number of likely N-dealkylation sites (N-methyl/N-ethyl adjacent to an activating group) is 1. The van der Waals surface area contributed by atoms with Crippen LogP contribution in [-0.4, -0.2) is 79.0 Å². The van der Waals surface area contributed by atoms with Crippen molar-refractivity contribution in [3.05, 3.63) is 48.3 Å². The number of aromatic nitrogens is 2. The van der Waals surface area contributed by atoms with Crippen molar-refractivity contribution < 1.29 is 4.79 Å². The molecule has 1 saturated heterocycles. The molecule has 0 radical (unpaired) electrons. The van der Waals surface area contributed by atoms with Crippen LogP contribution in [0.25, 0.3) is 0 Å². The zero-order chi connectivity index (χ0) is 18.4. The number of pyridine rings is 2. The summed E-state index contributed by atoms with van der Waals surface area (Å²) in [6.07, 6.45) is 3.46. The number of anilines is 2. The van der Waals surface area contributed by atoms with Gasteiger partial charge >= 0.3 is 0 Å². The standard InChI is InChI=1S/C19H26N6O/c1-23(2)10-9-20-17-7-6-16(15-22-17)19(26)25-13-11-24(12-14-25)18-5-3-4-8-21-18/h3-8,15H,9-14H2,1-2H3,(H,20,22). The van der Waals surface area contributed by atoms with Gasteiger partial charge in [-0.25, -0.2) is 9.97 Å². The Morgan fingerprint density at radius 2 is 1.92 bits per heavy atom. The lowest BCUT2D eigenvalue weighted by Gasteiger charge is -2.35. The van der Waals surface area contributed by atoms with Gasteiger partial charge in [0, 0.05) is 51.7 Å². The van der Waals surface area contributed by atoms with E-state index in [4.69, 9.17) is 0 Å². The Bertz CT molecular complexity index is 696. The van der Waals surface area contributed by atoms with Crippen LogP contribution in [0.4, 0.5) is 11.6 Å². The molecular weight excluding hydrogens is 328 g/mol. The molecule has 0 aliphatic carbocycles. The summed E-state index contributed by atoms with van der Waals surface area (Å²) in [6, 6.07) is 9.61. The summed E-state index contributed by atoms with van der Waals surface area (Å²) in [5, 5.41) is 3.25. The monoisotopic (exact) mass is 354 g/mol. The number of rotatable bonds is 6. The first-order valence-corrected chi connectivity index (χ1v) is 8.93. The van der Waals surface area contributed by atoms with Crippen LogP contribution in [0.1, 0.15) is 10.4 Å². The van der Waals surface area contributed by atoms with E-state index in [-0.39, 0.29) is 5.91 Å². The van der Waals surface area contributed by atoms with Crippen LogP contribution in [-0.2, 0) is 0 Å². The zero-order valence-corrected chi connectivity index (χ0v) is 15.4. The molecule has 0 saturated carbocycles. The molecule has 1 fully saturated rings. The van der Waals surface area contributed by atoms with Gasteiger partial charge in [-0.1, -0.05) is 6.07 Å². The molecule has 0 spiro atoms. The van der Waals surface area contributed by atoms with E-state index >= 15 is 0 Å². The highest BCUT2D eigenvalue weighted by atomic mass is 16.2. The summed E-state index contributed by atoms with van der Waals surface area (Å²) in [6.45, 7) is 4.73. The van der Waals surface area contributed by atoms with Crippen LogP contribution in [0.15, 0.2) is 42.7 Å². The number of hydrogen-bond acceptors (Lipinski definition) is 6. The Morgan fingerprint density at radius 3 is 2.54 bits per heavy atom. The molecule has 1 aliphatic heterocycles. The molecule has 26 heavy (non-hydrogen) atoms. The zero-order valence-electron chi connectivity index (χ0n) is 15.4. The quantitative estimate of drug-likeness (QED) is 0.846. The normalized spacial score (nSPS) is 14.6. The molecule has 1 amide bonds. The third-order valence-corrected chi connectivity index (χ3v) is 4.42. The summed E-state index contributed by atoms with van der Waals surface area (Å²) >= 11 is 0. The van der Waals surface area contributed by atoms with Gasteiger partial charge in [-0.05, 0) is 38.4 Å². The third kappa shape index (κ3) is 4.70. The van der Waals surface area contributed by atoms with E-state index in [0.717, 1.165) is 37.8 Å². The van der Waals surface area contributed by atoms with Crippen LogP contribution < -0.4 is 10.2 Å². The van der Waals surface area contributed by atoms with Crippen LogP contribution in [0.5, 0.6) is 0 Å². The molecular formula is C19H26N6O. The number of nitrogens with zero attached hydrogens (tertiary/aromatic N) is 5. The molecule has 7 nitrogen and oxygen atoms in total. The summed E-state index contributed by atoms with van der Waals surface area (Å²) in [4.78, 5) is 27.6. The largest absolute Gasteiger partial charge is 0.369 e. The van der Waals surface area contributed by atoms with Crippen molar-refractivity contribution in [1.29, 1.82) is 0 Å². The van der Waals surface area contributed by atoms with Gasteiger partial charge < -0.3 is 20.0 Å². The first kappa shape index (κ1) is 18.1. The second-order valence-corrected chi connectivity index (χ2v) is 6.63. The van der Waals surface area contributed by atoms with Gasteiger partial charge in [0.05, 0.1) is 5.56 Å². The first-order valence-electron chi connectivity index (χ1n) is 8.93. The Morgan fingerprint density at radius 1 is 1.12 bits per heavy atom. The van der Waals surface area contributed by atoms with E-state index in [1.807, 2.05) is 49.3 Å². The van der Waals surface area contributed by atoms with Gasteiger partial charge in [0.2, 0.25) is 0 Å². The Labute approximate surface area is 154 Å². The summed E-state index contributed by atoms with van der Waals surface area (Å²) < 4.78 is 0. The lowest BCUT2D eigenvalue weighted by molar-refractivity contribution is 0.0746. The summed E-state index contributed by atoms with van der Waals surface area (Å²) in [5.41, 5.74) is 0.634. The van der Waals surface area contributed by atoms with E-state index in [1.165, 1.54) is 0 Å². The number of nitrogens with one attached hydrogen (secondary N) is 1. The number of carbonyl (C=O) groups excluding carboxylic acids is 1. The van der Waals surface area contributed by atoms with E-state index in [0.29, 0.717) is 18.7 Å². The highest BCUT2D eigenvalue weighted by Crippen LogP contribution is 2.15. The Kier molecular flexibility index (Phi) is 6.01. The van der Waals surface area contributed by atoms with E-state index in [2.05, 4.69) is 25.1 Å². The predicted octanol–water partition coefficient (Wildman–Crippen LogP) is 1.41. The highest BCUT2D eigenvalue weighted by Gasteiger charge is 2.22. The number of carbonyl (C=O) groups is 1. The smallest absolute Gasteiger partial charge is 0.255 e. The molecule has 0 bridgehead atoms. The average molecular weight is 354 g/mol. The van der Waals surface area contributed by atoms with E-state index in [1.54, 1.807) is 12.4 Å². The van der Waals surface area contributed by atoms with E-state index in [9.17, 15) is 4.79 Å². The molecule has 0 atom stereocenters. The maximum atomic E-state index is 12.7. The van der Waals surface area contributed by atoms with Crippen LogP contribution in [0.3, 0.4) is 0 Å². The van der Waals surface area contributed by atoms with Crippen molar-refractivity contribution in [1.82, 2.24) is 19.8 Å². The van der Waals surface area contributed by atoms with Crippen molar-refractivity contribution in [2.24, 2.45) is 0 Å². The van der Waals surface area contributed by atoms with Crippen LogP contribution >= 0.6 is 0 Å². The number of hydrogen-bond donors (Lipinski definition) is 1. The Hall–Kier alpha value is -2.67. The minimum Gasteiger partial charge on any atom is -0.369 e. The molecule has 1 N–H and O–H groups in total. The summed E-state index contributed by atoms with van der Waals surface area (Å²) in [7, 11) is 4.06. The van der Waals surface area contributed by atoms with Gasteiger partial charge in [-0.3, -0.25) is 4.79 Å². The minimum atomic E-state index is 0.0398. The maximum absolute atomic E-state index is 12.7. The molecule has 0 aromatic carbocycles. The van der Waals surface area contributed by atoms with Crippen LogP contribution in [0.2, 0.25) is 0 Å². The second kappa shape index (κ2) is 8.62. The number of amides is 1. The number of piperazine rings is 1. The fraction of sp³-hybridized carbons (Fsp3) is 0.421. The van der Waals surface area contributed by atoms with Crippen molar-refractivity contribution >= 4 is 17.5 Å². The van der Waals surface area contributed by atoms with Gasteiger partial charge in [0.1, 0.15) is 11.6 Å². The topological polar surface area (TPSA) is 64.6 Å². The molecule has 7 heteroatoms. The molecule has 1 aliphatic rings. The molecule has 2 aromatic rings. The SMILES string of the molecule is CN(C)CCNc1ccc(C(=O)N2CCN(c3ccccn3)CC2)cn1. The minimum absolute atomic E-state index is 0.0398. The van der Waals surface area contributed by atoms with Crippen molar-refractivity contribution in [3.63, 3.8) is 0 Å². The summed E-state index contributed by atoms with van der Waals surface area (Å²) in [5.74, 6) is 1.80. The van der Waals surface area contributed by atoms with Gasteiger partial charge in [-0.15, -0.1) is 0 Å². The van der Waals surface area contributed by atoms with Gasteiger partial charge in [0.15, 0.2) is 0 Å². The third-order valence-electron chi connectivity index (χ3n) is 4.42. The van der Waals surface area contributed by atoms with Gasteiger partial charge in [0.25, 0.3) is 5.91 Å². The van der Waals surface area contributed by atoms with E-state index < -0.39 is 0 Å². The average Bonchev–Trinajstić information content (AvgIpc) is 2.68. The van der Waals surface area contributed by atoms with Crippen LogP contribution in [0, 0.1) is 0 Å². The Balaban J connectivity index is 1.52. The molecule has 2 aromatic heterocycles. The fourth-order valence-corrected chi connectivity index (χ4v) is 2.89. The predicted molar refractivity (Wildman–Crippen MR) is 104 cm³/mol. The molecule has 3 heterocycles. The lowest BCUT2D eigenvalue weighted by Crippen LogP contribution is -2.49. The highest BCUT2D eigenvalue weighted by molar-refractivity contribution is 5.94. The second-order valence-electron chi connectivity index (χ2n) is 6.63. The maximum Gasteiger partial charge on any atom is 0.255 e. The van der Waals surface area contributed by atoms with Crippen molar-refractivity contribution in [2.75, 3.05) is 63.6 Å². The lowest BCUT2D eigenvalue weighted by atomic mass is 10.2. The van der Waals surface area contributed by atoms with Gasteiger partial charge in [-0.2, -0.15) is 0 Å². The fourth-order valence-electron chi connectivity index (χ4n) is 2.89. The van der Waals surface area contributed by atoms with Crippen molar-refractivity contribution in [3.8, 4) is 0 Å². The molecule has 138 valence electrons. The van der Waals surface area contributed by atoms with Crippen molar-refractivity contribution in [2.45, 2.75) is 0 Å².